The molecule has 2 bridgehead atoms. The first-order valence-corrected chi connectivity index (χ1v) is 17.3. The quantitative estimate of drug-likeness (QED) is 0.143. The summed E-state index contributed by atoms with van der Waals surface area (Å²) in [7, 11) is 0. The Labute approximate surface area is 280 Å². The van der Waals surface area contributed by atoms with Crippen molar-refractivity contribution in [1.82, 2.24) is 15.1 Å². The van der Waals surface area contributed by atoms with E-state index in [0.717, 1.165) is 12.8 Å². The second kappa shape index (κ2) is 15.7. The molecule has 4 rings (SSSR count). The summed E-state index contributed by atoms with van der Waals surface area (Å²) in [6.45, 7) is 13.4. The number of allylic oxidation sites excluding steroid dienone is 1. The van der Waals surface area contributed by atoms with Crippen molar-refractivity contribution in [3.63, 3.8) is 0 Å². The van der Waals surface area contributed by atoms with Crippen LogP contribution in [-0.4, -0.2) is 93.0 Å². The smallest absolute Gasteiger partial charge is 0.313 e. The van der Waals surface area contributed by atoms with Crippen LogP contribution in [0.15, 0.2) is 55.6 Å². The zero-order chi connectivity index (χ0) is 33.6. The van der Waals surface area contributed by atoms with Crippen molar-refractivity contribution in [3.05, 3.63) is 61.2 Å². The molecule has 3 saturated heterocycles. The van der Waals surface area contributed by atoms with Crippen molar-refractivity contribution in [2.75, 3.05) is 19.7 Å². The van der Waals surface area contributed by atoms with Gasteiger partial charge >= 0.3 is 5.97 Å². The maximum absolute atomic E-state index is 14.6. The Morgan fingerprint density at radius 1 is 1.24 bits per heavy atom. The van der Waals surface area contributed by atoms with Crippen LogP contribution in [-0.2, 0) is 28.7 Å². The number of ether oxygens (including phenoxy) is 2. The monoisotopic (exact) mass is 701 g/mol. The zero-order valence-electron chi connectivity index (χ0n) is 27.1. The summed E-state index contributed by atoms with van der Waals surface area (Å²) in [5, 5.41) is 13.2. The van der Waals surface area contributed by atoms with Gasteiger partial charge in [-0.3, -0.25) is 19.2 Å². The van der Waals surface area contributed by atoms with E-state index in [9.17, 15) is 24.3 Å². The van der Waals surface area contributed by atoms with E-state index in [1.54, 1.807) is 17.1 Å². The summed E-state index contributed by atoms with van der Waals surface area (Å²) in [6.07, 6.45) is 4.99. The van der Waals surface area contributed by atoms with Gasteiger partial charge in [0, 0.05) is 23.8 Å². The molecule has 11 heteroatoms. The Balaban J connectivity index is 1.70. The Morgan fingerprint density at radius 3 is 2.57 bits per heavy atom. The molecule has 1 aromatic carbocycles. The minimum absolute atomic E-state index is 0.0486. The van der Waals surface area contributed by atoms with Crippen molar-refractivity contribution in [3.8, 4) is 0 Å². The summed E-state index contributed by atoms with van der Waals surface area (Å²) in [5.41, 5.74) is -0.594. The minimum Gasteiger partial charge on any atom is -0.455 e. The van der Waals surface area contributed by atoms with Gasteiger partial charge in [0.2, 0.25) is 17.7 Å². The number of fused-ring (bicyclic) bond motifs is 1. The molecule has 3 heterocycles. The number of aliphatic hydroxyl groups excluding tert-OH is 1. The number of carbonyl (C=O) groups is 4. The Hall–Kier alpha value is -3.02. The minimum atomic E-state index is -1.29. The highest BCUT2D eigenvalue weighted by molar-refractivity contribution is 9.09. The number of benzene rings is 1. The number of esters is 1. The third kappa shape index (κ3) is 6.82. The van der Waals surface area contributed by atoms with E-state index in [-0.39, 0.29) is 42.3 Å². The van der Waals surface area contributed by atoms with Gasteiger partial charge in [-0.05, 0) is 38.2 Å². The lowest BCUT2D eigenvalue weighted by Gasteiger charge is -2.40. The number of rotatable bonds is 17. The Kier molecular flexibility index (Phi) is 12.2. The highest BCUT2D eigenvalue weighted by Gasteiger charge is 2.77. The molecular weight excluding hydrogens is 654 g/mol. The highest BCUT2D eigenvalue weighted by atomic mass is 79.9. The number of amides is 3. The SMILES string of the molecule is C=CCCC(=O)NC[C@H](OC(=O)[C@@H]1[C@H]2O[C@@]3(CC2Br)[C@H](C(=O)N(CC=C)C(C)CCC)N([C@@H](CC)CO)C(=O)[C@@H]13)c1ccccc1. The van der Waals surface area contributed by atoms with Gasteiger partial charge < -0.3 is 29.7 Å². The van der Waals surface area contributed by atoms with E-state index >= 15 is 0 Å². The van der Waals surface area contributed by atoms with Gasteiger partial charge in [-0.15, -0.1) is 13.2 Å². The predicted octanol–water partition coefficient (Wildman–Crippen LogP) is 4.08. The number of carbonyl (C=O) groups excluding carboxylic acids is 4. The number of hydrogen-bond donors (Lipinski definition) is 2. The average molecular weight is 703 g/mol. The summed E-state index contributed by atoms with van der Waals surface area (Å²) >= 11 is 3.71. The standard InChI is InChI=1S/C35H48BrN3O7/c1-6-10-17-27(41)37-20-26(23-15-12-11-13-16-23)45-34(44)28-29-32(42)39(24(9-4)21-40)31(35(29)19-25(36)30(28)46-35)33(43)38(18-8-3)22(5)14-7-2/h6,8,11-13,15-16,22,24-26,28-31,40H,1,3,7,9-10,14,17-21H2,2,4-5H3,(H,37,41)/t22?,24-,25?,26-,28-,29+,30-,31-,35+/m0/s1. The summed E-state index contributed by atoms with van der Waals surface area (Å²) in [5.74, 6) is -3.46. The van der Waals surface area contributed by atoms with Crippen LogP contribution in [0.5, 0.6) is 0 Å². The lowest BCUT2D eigenvalue weighted by atomic mass is 9.70. The van der Waals surface area contributed by atoms with Gasteiger partial charge in [0.15, 0.2) is 0 Å². The first kappa shape index (κ1) is 35.8. The predicted molar refractivity (Wildman–Crippen MR) is 178 cm³/mol. The van der Waals surface area contributed by atoms with Crippen LogP contribution in [0, 0.1) is 11.8 Å². The van der Waals surface area contributed by atoms with Crippen LogP contribution in [0.1, 0.15) is 71.0 Å². The highest BCUT2D eigenvalue weighted by Crippen LogP contribution is 2.61. The number of alkyl halides is 1. The molecule has 252 valence electrons. The zero-order valence-corrected chi connectivity index (χ0v) is 28.7. The molecule has 0 aliphatic carbocycles. The second-order valence-electron chi connectivity index (χ2n) is 12.5. The van der Waals surface area contributed by atoms with E-state index in [0.29, 0.717) is 31.4 Å². The van der Waals surface area contributed by atoms with Crippen molar-refractivity contribution >= 4 is 39.6 Å². The lowest BCUT2D eigenvalue weighted by molar-refractivity contribution is -0.161. The molecule has 2 unspecified atom stereocenters. The van der Waals surface area contributed by atoms with Crippen molar-refractivity contribution in [2.45, 2.75) is 100 Å². The van der Waals surface area contributed by atoms with Gasteiger partial charge in [-0.2, -0.15) is 0 Å². The van der Waals surface area contributed by atoms with Crippen molar-refractivity contribution in [1.29, 1.82) is 0 Å². The summed E-state index contributed by atoms with van der Waals surface area (Å²) in [4.78, 5) is 58.6. The van der Waals surface area contributed by atoms with Crippen LogP contribution in [0.2, 0.25) is 0 Å². The molecule has 9 atom stereocenters. The number of halogens is 1. The van der Waals surface area contributed by atoms with Crippen LogP contribution >= 0.6 is 15.9 Å². The van der Waals surface area contributed by atoms with E-state index in [1.165, 1.54) is 4.90 Å². The number of hydrogen-bond acceptors (Lipinski definition) is 7. The lowest BCUT2D eigenvalue weighted by Crippen LogP contribution is -2.60. The molecule has 3 aliphatic heterocycles. The Morgan fingerprint density at radius 2 is 1.96 bits per heavy atom. The third-order valence-electron chi connectivity index (χ3n) is 9.65. The number of aliphatic hydroxyl groups is 1. The fourth-order valence-electron chi connectivity index (χ4n) is 7.42. The fraction of sp³-hybridized carbons (Fsp3) is 0.600. The molecule has 1 spiro atoms. The molecule has 3 amide bonds. The van der Waals surface area contributed by atoms with Gasteiger partial charge in [0.25, 0.3) is 0 Å². The molecule has 3 aliphatic rings. The molecule has 46 heavy (non-hydrogen) atoms. The molecule has 3 fully saturated rings. The molecule has 0 radical (unpaired) electrons. The van der Waals surface area contributed by atoms with E-state index < -0.39 is 53.6 Å². The number of likely N-dealkylation sites (tertiary alicyclic amines) is 1. The van der Waals surface area contributed by atoms with Crippen LogP contribution in [0.4, 0.5) is 0 Å². The number of nitrogens with one attached hydrogen (secondary N) is 1. The van der Waals surface area contributed by atoms with Crippen LogP contribution in [0.3, 0.4) is 0 Å². The second-order valence-corrected chi connectivity index (χ2v) is 13.7. The first-order valence-electron chi connectivity index (χ1n) is 16.4. The average Bonchev–Trinajstić information content (AvgIpc) is 3.65. The maximum atomic E-state index is 14.6. The first-order chi connectivity index (χ1) is 22.1. The van der Waals surface area contributed by atoms with Crippen molar-refractivity contribution in [2.24, 2.45) is 11.8 Å². The van der Waals surface area contributed by atoms with Crippen LogP contribution < -0.4 is 5.32 Å². The van der Waals surface area contributed by atoms with Crippen molar-refractivity contribution < 1.29 is 33.8 Å². The molecule has 2 N–H and O–H groups in total. The summed E-state index contributed by atoms with van der Waals surface area (Å²) < 4.78 is 12.8. The topological polar surface area (TPSA) is 125 Å². The normalized spacial score (nSPS) is 28.2. The van der Waals surface area contributed by atoms with Gasteiger partial charge in [0.1, 0.15) is 17.7 Å². The summed E-state index contributed by atoms with van der Waals surface area (Å²) in [6, 6.07) is 7.34. The fourth-order valence-corrected chi connectivity index (χ4v) is 8.36. The molecule has 0 aromatic heterocycles. The number of nitrogens with zero attached hydrogens (tertiary/aromatic N) is 2. The largest absolute Gasteiger partial charge is 0.455 e. The van der Waals surface area contributed by atoms with Crippen LogP contribution in [0.25, 0.3) is 0 Å². The molecular formula is C35H48BrN3O7. The van der Waals surface area contributed by atoms with E-state index in [2.05, 4.69) is 41.3 Å². The van der Waals surface area contributed by atoms with Gasteiger partial charge in [0.05, 0.1) is 37.1 Å². The van der Waals surface area contributed by atoms with Gasteiger partial charge in [-0.1, -0.05) is 78.7 Å². The van der Waals surface area contributed by atoms with E-state index in [4.69, 9.17) is 9.47 Å². The molecule has 0 saturated carbocycles. The third-order valence-corrected chi connectivity index (χ3v) is 10.5. The molecule has 10 nitrogen and oxygen atoms in total. The van der Waals surface area contributed by atoms with E-state index in [1.807, 2.05) is 44.2 Å². The van der Waals surface area contributed by atoms with Gasteiger partial charge in [-0.25, -0.2) is 0 Å². The Bertz CT molecular complexity index is 1270. The maximum Gasteiger partial charge on any atom is 0.313 e. The molecule has 1 aromatic rings.